The number of thiophene rings is 1. The Morgan fingerprint density at radius 3 is 2.89 bits per heavy atom. The molecule has 0 bridgehead atoms. The quantitative estimate of drug-likeness (QED) is 0.713. The van der Waals surface area contributed by atoms with Crippen molar-refractivity contribution in [2.75, 3.05) is 5.32 Å². The third-order valence-electron chi connectivity index (χ3n) is 5.11. The lowest BCUT2D eigenvalue weighted by atomic mass is 9.97. The maximum Gasteiger partial charge on any atom is 0.263 e. The van der Waals surface area contributed by atoms with Crippen LogP contribution in [0.3, 0.4) is 0 Å². The van der Waals surface area contributed by atoms with Crippen LogP contribution in [0.15, 0.2) is 23.0 Å². The molecule has 1 amide bonds. The lowest BCUT2D eigenvalue weighted by Gasteiger charge is -2.13. The Hall–Kier alpha value is -2.18. The van der Waals surface area contributed by atoms with Crippen molar-refractivity contribution in [3.05, 3.63) is 55.4 Å². The van der Waals surface area contributed by atoms with Gasteiger partial charge in [0.05, 0.1) is 5.39 Å². The van der Waals surface area contributed by atoms with Gasteiger partial charge in [0.2, 0.25) is 5.91 Å². The van der Waals surface area contributed by atoms with Gasteiger partial charge in [0, 0.05) is 15.6 Å². The zero-order chi connectivity index (χ0) is 19.1. The number of aromatic nitrogens is 2. The van der Waals surface area contributed by atoms with Gasteiger partial charge in [-0.15, -0.1) is 11.3 Å². The smallest absolute Gasteiger partial charge is 0.263 e. The number of anilines is 1. The Morgan fingerprint density at radius 1 is 1.30 bits per heavy atom. The zero-order valence-corrected chi connectivity index (χ0v) is 16.8. The van der Waals surface area contributed by atoms with Gasteiger partial charge in [0.1, 0.15) is 17.2 Å². The van der Waals surface area contributed by atoms with Gasteiger partial charge in [0.25, 0.3) is 5.56 Å². The molecule has 1 aromatic carbocycles. The number of fused-ring (bicyclic) bond motifs is 3. The molecule has 0 unspecified atom stereocenters. The van der Waals surface area contributed by atoms with Crippen molar-refractivity contribution >= 4 is 44.7 Å². The summed E-state index contributed by atoms with van der Waals surface area (Å²) < 4.78 is 1.47. The highest BCUT2D eigenvalue weighted by Gasteiger charge is 2.22. The molecule has 0 saturated heterocycles. The predicted octanol–water partition coefficient (Wildman–Crippen LogP) is 4.25. The number of nitrogens with zero attached hydrogens (tertiary/aromatic N) is 2. The van der Waals surface area contributed by atoms with E-state index in [1.54, 1.807) is 36.5 Å². The van der Waals surface area contributed by atoms with Crippen molar-refractivity contribution in [3.8, 4) is 0 Å². The number of rotatable bonds is 3. The van der Waals surface area contributed by atoms with Crippen LogP contribution in [0.25, 0.3) is 10.2 Å². The van der Waals surface area contributed by atoms with Crippen molar-refractivity contribution in [1.29, 1.82) is 0 Å². The molecule has 1 aliphatic rings. The van der Waals surface area contributed by atoms with Crippen LogP contribution in [-0.2, 0) is 24.2 Å². The molecule has 3 aromatic rings. The Morgan fingerprint density at radius 2 is 2.07 bits per heavy atom. The molecule has 0 saturated carbocycles. The van der Waals surface area contributed by atoms with Crippen LogP contribution >= 0.6 is 22.9 Å². The maximum absolute atomic E-state index is 13.1. The first-order valence-electron chi connectivity index (χ1n) is 9.02. The van der Waals surface area contributed by atoms with Crippen LogP contribution in [0, 0.1) is 13.8 Å². The van der Waals surface area contributed by atoms with E-state index in [-0.39, 0.29) is 18.0 Å². The standard InChI is InChI=1S/C20H20ClN3O2S/c1-11-14(21)7-5-8-15(11)23-17(25)10-24-12(2)22-19-18(20(24)26)13-6-3-4-9-16(13)27-19/h5,7-8H,3-4,6,9-10H2,1-2H3,(H,23,25). The molecule has 0 spiro atoms. The van der Waals surface area contributed by atoms with Crippen LogP contribution < -0.4 is 10.9 Å². The highest BCUT2D eigenvalue weighted by atomic mass is 35.5. The Balaban J connectivity index is 1.68. The molecule has 2 heterocycles. The van der Waals surface area contributed by atoms with E-state index in [9.17, 15) is 9.59 Å². The normalized spacial score (nSPS) is 13.6. The van der Waals surface area contributed by atoms with Gasteiger partial charge in [-0.05, 0) is 62.8 Å². The van der Waals surface area contributed by atoms with E-state index in [2.05, 4.69) is 10.3 Å². The fourth-order valence-electron chi connectivity index (χ4n) is 3.60. The maximum atomic E-state index is 13.1. The first kappa shape index (κ1) is 18.2. The number of carbonyl (C=O) groups excluding carboxylic acids is 1. The second-order valence-electron chi connectivity index (χ2n) is 6.90. The monoisotopic (exact) mass is 401 g/mol. The number of halogens is 1. The summed E-state index contributed by atoms with van der Waals surface area (Å²) in [5.74, 6) is 0.292. The number of aryl methyl sites for hydroxylation is 3. The van der Waals surface area contributed by atoms with E-state index in [1.807, 2.05) is 6.92 Å². The van der Waals surface area contributed by atoms with Gasteiger partial charge in [-0.1, -0.05) is 17.7 Å². The summed E-state index contributed by atoms with van der Waals surface area (Å²) in [4.78, 5) is 32.4. The molecule has 0 aliphatic heterocycles. The average molecular weight is 402 g/mol. The molecule has 1 aliphatic carbocycles. The van der Waals surface area contributed by atoms with Gasteiger partial charge < -0.3 is 5.32 Å². The Bertz CT molecular complexity index is 1120. The molecule has 5 nitrogen and oxygen atoms in total. The summed E-state index contributed by atoms with van der Waals surface area (Å²) in [6.07, 6.45) is 4.20. The van der Waals surface area contributed by atoms with E-state index in [0.29, 0.717) is 21.9 Å². The van der Waals surface area contributed by atoms with Crippen LogP contribution in [0.1, 0.15) is 34.7 Å². The van der Waals surface area contributed by atoms with Gasteiger partial charge in [0.15, 0.2) is 0 Å². The topological polar surface area (TPSA) is 64.0 Å². The summed E-state index contributed by atoms with van der Waals surface area (Å²) in [5, 5.41) is 4.14. The van der Waals surface area contributed by atoms with Crippen molar-refractivity contribution < 1.29 is 4.79 Å². The third kappa shape index (κ3) is 3.28. The number of benzene rings is 1. The lowest BCUT2D eigenvalue weighted by Crippen LogP contribution is -2.30. The summed E-state index contributed by atoms with van der Waals surface area (Å²) in [5.41, 5.74) is 2.48. The van der Waals surface area contributed by atoms with E-state index < -0.39 is 0 Å². The van der Waals surface area contributed by atoms with Gasteiger partial charge >= 0.3 is 0 Å². The van der Waals surface area contributed by atoms with E-state index >= 15 is 0 Å². The molecule has 0 radical (unpaired) electrons. The highest BCUT2D eigenvalue weighted by Crippen LogP contribution is 2.33. The second kappa shape index (κ2) is 7.09. The number of hydrogen-bond acceptors (Lipinski definition) is 4. The van der Waals surface area contributed by atoms with Crippen LogP contribution in [0.4, 0.5) is 5.69 Å². The van der Waals surface area contributed by atoms with Crippen molar-refractivity contribution in [3.63, 3.8) is 0 Å². The first-order valence-corrected chi connectivity index (χ1v) is 10.2. The van der Waals surface area contributed by atoms with Gasteiger partial charge in [-0.3, -0.25) is 14.2 Å². The molecule has 4 rings (SSSR count). The minimum Gasteiger partial charge on any atom is -0.324 e. The van der Waals surface area contributed by atoms with Crippen molar-refractivity contribution in [2.45, 2.75) is 46.1 Å². The highest BCUT2D eigenvalue weighted by molar-refractivity contribution is 7.18. The molecule has 0 fully saturated rings. The van der Waals surface area contributed by atoms with Gasteiger partial charge in [-0.25, -0.2) is 4.98 Å². The molecular formula is C20H20ClN3O2S. The van der Waals surface area contributed by atoms with Crippen molar-refractivity contribution in [2.24, 2.45) is 0 Å². The Kier molecular flexibility index (Phi) is 4.78. The summed E-state index contributed by atoms with van der Waals surface area (Å²) in [6.45, 7) is 3.56. The first-order chi connectivity index (χ1) is 13.0. The van der Waals surface area contributed by atoms with Gasteiger partial charge in [-0.2, -0.15) is 0 Å². The van der Waals surface area contributed by atoms with Crippen LogP contribution in [0.2, 0.25) is 5.02 Å². The predicted molar refractivity (Wildman–Crippen MR) is 110 cm³/mol. The molecule has 1 N–H and O–H groups in total. The Labute approximate surface area is 166 Å². The fraction of sp³-hybridized carbons (Fsp3) is 0.350. The summed E-state index contributed by atoms with van der Waals surface area (Å²) in [6, 6.07) is 5.36. The van der Waals surface area contributed by atoms with Crippen LogP contribution in [-0.4, -0.2) is 15.5 Å². The molecule has 0 atom stereocenters. The summed E-state index contributed by atoms with van der Waals surface area (Å²) in [7, 11) is 0. The minimum atomic E-state index is -0.268. The number of carbonyl (C=O) groups is 1. The SMILES string of the molecule is Cc1c(Cl)cccc1NC(=O)Cn1c(C)nc2sc3c(c2c1=O)CCCC3. The third-order valence-corrected chi connectivity index (χ3v) is 6.70. The number of nitrogens with one attached hydrogen (secondary N) is 1. The molecule has 7 heteroatoms. The molecule has 2 aromatic heterocycles. The number of hydrogen-bond donors (Lipinski definition) is 1. The molecule has 27 heavy (non-hydrogen) atoms. The number of amides is 1. The van der Waals surface area contributed by atoms with E-state index in [4.69, 9.17) is 11.6 Å². The minimum absolute atomic E-state index is 0.0653. The van der Waals surface area contributed by atoms with E-state index in [1.165, 1.54) is 9.44 Å². The largest absolute Gasteiger partial charge is 0.324 e. The average Bonchev–Trinajstić information content (AvgIpc) is 3.00. The fourth-order valence-corrected chi connectivity index (χ4v) is 5.07. The van der Waals surface area contributed by atoms with E-state index in [0.717, 1.165) is 41.6 Å². The second-order valence-corrected chi connectivity index (χ2v) is 8.39. The summed E-state index contributed by atoms with van der Waals surface area (Å²) >= 11 is 7.74. The van der Waals surface area contributed by atoms with Crippen molar-refractivity contribution in [1.82, 2.24) is 9.55 Å². The van der Waals surface area contributed by atoms with Crippen LogP contribution in [0.5, 0.6) is 0 Å². The molecular weight excluding hydrogens is 382 g/mol. The lowest BCUT2D eigenvalue weighted by molar-refractivity contribution is -0.116. The molecule has 140 valence electrons. The zero-order valence-electron chi connectivity index (χ0n) is 15.3.